The topological polar surface area (TPSA) is 40.5 Å². The van der Waals surface area contributed by atoms with Crippen LogP contribution in [0, 0.1) is 5.92 Å². The molecule has 1 rings (SSSR count). The molecule has 3 nitrogen and oxygen atoms in total. The first-order valence-corrected chi connectivity index (χ1v) is 3.58. The summed E-state index contributed by atoms with van der Waals surface area (Å²) < 4.78 is 13.1. The number of amides is 1. The minimum absolute atomic E-state index is 0.126. The van der Waals surface area contributed by atoms with Crippen molar-refractivity contribution in [2.24, 2.45) is 5.92 Å². The van der Waals surface area contributed by atoms with Crippen molar-refractivity contribution in [2.45, 2.75) is 19.5 Å². The summed E-state index contributed by atoms with van der Waals surface area (Å²) in [7, 11) is 0. The van der Waals surface area contributed by atoms with Crippen LogP contribution in [-0.4, -0.2) is 34.9 Å². The Balaban J connectivity index is 2.35. The largest absolute Gasteiger partial charge is 0.465 e. The predicted octanol–water partition coefficient (Wildman–Crippen LogP) is 1.34. The number of rotatable bonds is 1. The van der Waals surface area contributed by atoms with E-state index in [4.69, 9.17) is 5.11 Å². The Morgan fingerprint density at radius 3 is 2.36 bits per heavy atom. The Morgan fingerprint density at radius 2 is 2.09 bits per heavy atom. The Kier molecular flexibility index (Phi) is 1.78. The molecule has 11 heavy (non-hydrogen) atoms. The first kappa shape index (κ1) is 8.30. The molecule has 0 aromatic rings. The van der Waals surface area contributed by atoms with E-state index >= 15 is 0 Å². The monoisotopic (exact) mass is 161 g/mol. The number of hydrogen-bond donors (Lipinski definition) is 1. The molecule has 0 unspecified atom stereocenters. The van der Waals surface area contributed by atoms with Crippen molar-refractivity contribution >= 4 is 6.09 Å². The minimum atomic E-state index is -1.24. The standard InChI is InChI=1S/C7H12FNO2/c1-7(2,8)5-3-9(4-5)6(10)11/h5H,3-4H2,1-2H3,(H,10,11). The van der Waals surface area contributed by atoms with E-state index in [-0.39, 0.29) is 5.92 Å². The van der Waals surface area contributed by atoms with Crippen LogP contribution in [0.5, 0.6) is 0 Å². The lowest BCUT2D eigenvalue weighted by Crippen LogP contribution is -2.55. The molecule has 0 saturated carbocycles. The van der Waals surface area contributed by atoms with Gasteiger partial charge in [-0.3, -0.25) is 0 Å². The van der Waals surface area contributed by atoms with E-state index in [1.165, 1.54) is 18.7 Å². The summed E-state index contributed by atoms with van der Waals surface area (Å²) in [6.45, 7) is 3.63. The van der Waals surface area contributed by atoms with E-state index in [2.05, 4.69) is 0 Å². The van der Waals surface area contributed by atoms with Crippen LogP contribution in [0.1, 0.15) is 13.8 Å². The van der Waals surface area contributed by atoms with Gasteiger partial charge < -0.3 is 10.0 Å². The van der Waals surface area contributed by atoms with Crippen LogP contribution in [-0.2, 0) is 0 Å². The van der Waals surface area contributed by atoms with Crippen LogP contribution in [0.4, 0.5) is 9.18 Å². The third-order valence-corrected chi connectivity index (χ3v) is 2.12. The van der Waals surface area contributed by atoms with E-state index < -0.39 is 11.8 Å². The van der Waals surface area contributed by atoms with Gasteiger partial charge >= 0.3 is 6.09 Å². The van der Waals surface area contributed by atoms with Crippen molar-refractivity contribution in [1.82, 2.24) is 4.90 Å². The van der Waals surface area contributed by atoms with E-state index in [1.807, 2.05) is 0 Å². The fourth-order valence-corrected chi connectivity index (χ4v) is 1.07. The van der Waals surface area contributed by atoms with Crippen LogP contribution in [0.2, 0.25) is 0 Å². The lowest BCUT2D eigenvalue weighted by molar-refractivity contribution is 0.00111. The summed E-state index contributed by atoms with van der Waals surface area (Å²) in [5.41, 5.74) is -1.24. The predicted molar refractivity (Wildman–Crippen MR) is 38.3 cm³/mol. The van der Waals surface area contributed by atoms with Crippen LogP contribution >= 0.6 is 0 Å². The highest BCUT2D eigenvalue weighted by Crippen LogP contribution is 2.29. The molecule has 0 aromatic heterocycles. The highest BCUT2D eigenvalue weighted by molar-refractivity contribution is 5.66. The van der Waals surface area contributed by atoms with Crippen LogP contribution < -0.4 is 0 Å². The molecule has 1 amide bonds. The quantitative estimate of drug-likeness (QED) is 0.630. The van der Waals surface area contributed by atoms with Crippen molar-refractivity contribution in [3.63, 3.8) is 0 Å². The highest BCUT2D eigenvalue weighted by atomic mass is 19.1. The maximum Gasteiger partial charge on any atom is 0.407 e. The zero-order valence-electron chi connectivity index (χ0n) is 6.67. The third kappa shape index (κ3) is 1.61. The number of likely N-dealkylation sites (tertiary alicyclic amines) is 1. The summed E-state index contributed by atoms with van der Waals surface area (Å²) in [6, 6.07) is 0. The third-order valence-electron chi connectivity index (χ3n) is 2.12. The fraction of sp³-hybridized carbons (Fsp3) is 0.857. The maximum absolute atomic E-state index is 13.1. The van der Waals surface area contributed by atoms with E-state index in [0.29, 0.717) is 13.1 Å². The van der Waals surface area contributed by atoms with Crippen LogP contribution in [0.25, 0.3) is 0 Å². The highest BCUT2D eigenvalue weighted by Gasteiger charge is 2.40. The molecule has 4 heteroatoms. The average molecular weight is 161 g/mol. The second-order valence-corrected chi connectivity index (χ2v) is 3.45. The first-order valence-electron chi connectivity index (χ1n) is 3.58. The summed E-state index contributed by atoms with van der Waals surface area (Å²) in [5, 5.41) is 8.42. The molecule has 1 fully saturated rings. The Morgan fingerprint density at radius 1 is 1.64 bits per heavy atom. The van der Waals surface area contributed by atoms with Crippen molar-refractivity contribution in [1.29, 1.82) is 0 Å². The van der Waals surface area contributed by atoms with Crippen molar-refractivity contribution in [3.05, 3.63) is 0 Å². The normalized spacial score (nSPS) is 19.7. The van der Waals surface area contributed by atoms with Gasteiger partial charge in [-0.15, -0.1) is 0 Å². The smallest absolute Gasteiger partial charge is 0.407 e. The summed E-state index contributed by atoms with van der Waals surface area (Å²) in [5.74, 6) is -0.126. The minimum Gasteiger partial charge on any atom is -0.465 e. The number of alkyl halides is 1. The van der Waals surface area contributed by atoms with Crippen molar-refractivity contribution in [2.75, 3.05) is 13.1 Å². The zero-order chi connectivity index (χ0) is 8.65. The Bertz CT molecular complexity index is 170. The number of halogens is 1. The molecular formula is C7H12FNO2. The van der Waals surface area contributed by atoms with Gasteiger partial charge in [-0.2, -0.15) is 0 Å². The average Bonchev–Trinajstić information content (AvgIpc) is 1.51. The molecule has 64 valence electrons. The molecule has 0 aliphatic carbocycles. The second-order valence-electron chi connectivity index (χ2n) is 3.45. The molecule has 1 heterocycles. The van der Waals surface area contributed by atoms with Gasteiger partial charge in [0.25, 0.3) is 0 Å². The maximum atomic E-state index is 13.1. The molecule has 1 saturated heterocycles. The number of nitrogens with zero attached hydrogens (tertiary/aromatic N) is 1. The Hall–Kier alpha value is -0.800. The van der Waals surface area contributed by atoms with Gasteiger partial charge in [-0.1, -0.05) is 0 Å². The van der Waals surface area contributed by atoms with Crippen LogP contribution in [0.3, 0.4) is 0 Å². The second kappa shape index (κ2) is 2.36. The van der Waals surface area contributed by atoms with Crippen molar-refractivity contribution in [3.8, 4) is 0 Å². The van der Waals surface area contributed by atoms with Gasteiger partial charge in [0.1, 0.15) is 5.67 Å². The lowest BCUT2D eigenvalue weighted by Gasteiger charge is -2.42. The van der Waals surface area contributed by atoms with Gasteiger partial charge in [0.15, 0.2) is 0 Å². The number of carbonyl (C=O) groups is 1. The van der Waals surface area contributed by atoms with Gasteiger partial charge in [-0.25, -0.2) is 9.18 Å². The van der Waals surface area contributed by atoms with E-state index in [0.717, 1.165) is 0 Å². The first-order chi connectivity index (χ1) is 4.91. The van der Waals surface area contributed by atoms with Crippen molar-refractivity contribution < 1.29 is 14.3 Å². The van der Waals surface area contributed by atoms with E-state index in [9.17, 15) is 9.18 Å². The molecule has 0 aromatic carbocycles. The molecular weight excluding hydrogens is 149 g/mol. The summed E-state index contributed by atoms with van der Waals surface area (Å²) in [6.07, 6.45) is -0.953. The number of hydrogen-bond acceptors (Lipinski definition) is 1. The fourth-order valence-electron chi connectivity index (χ4n) is 1.07. The van der Waals surface area contributed by atoms with Gasteiger partial charge in [-0.05, 0) is 13.8 Å². The molecule has 1 aliphatic rings. The molecule has 1 aliphatic heterocycles. The van der Waals surface area contributed by atoms with E-state index in [1.54, 1.807) is 0 Å². The molecule has 0 radical (unpaired) electrons. The van der Waals surface area contributed by atoms with Gasteiger partial charge in [0.05, 0.1) is 0 Å². The zero-order valence-corrected chi connectivity index (χ0v) is 6.67. The van der Waals surface area contributed by atoms with Crippen LogP contribution in [0.15, 0.2) is 0 Å². The lowest BCUT2D eigenvalue weighted by atomic mass is 9.86. The number of carboxylic acid groups (broad SMARTS) is 1. The van der Waals surface area contributed by atoms with Gasteiger partial charge in [0, 0.05) is 19.0 Å². The molecule has 0 spiro atoms. The SMILES string of the molecule is CC(C)(F)C1CN(C(=O)O)C1. The molecule has 0 atom stereocenters. The summed E-state index contributed by atoms with van der Waals surface area (Å²) >= 11 is 0. The van der Waals surface area contributed by atoms with Gasteiger partial charge in [0.2, 0.25) is 0 Å². The summed E-state index contributed by atoms with van der Waals surface area (Å²) in [4.78, 5) is 11.5. The molecule has 0 bridgehead atoms. The Labute approximate surface area is 64.8 Å². The molecule has 1 N–H and O–H groups in total.